The van der Waals surface area contributed by atoms with E-state index in [0.717, 1.165) is 5.56 Å². The number of aromatic nitrogens is 3. The Balaban J connectivity index is 1.76. The zero-order chi connectivity index (χ0) is 25.2. The summed E-state index contributed by atoms with van der Waals surface area (Å²) in [4.78, 5) is 21.1. The molecule has 0 amide bonds. The largest absolute Gasteiger partial charge is 0.496 e. The van der Waals surface area contributed by atoms with E-state index in [1.54, 1.807) is 47.4 Å². The van der Waals surface area contributed by atoms with Gasteiger partial charge in [-0.2, -0.15) is 18.4 Å². The molecule has 178 valence electrons. The van der Waals surface area contributed by atoms with E-state index >= 15 is 0 Å². The highest BCUT2D eigenvalue weighted by molar-refractivity contribution is 6.02. The highest BCUT2D eigenvalue weighted by atomic mass is 19.4. The number of carbonyl (C=O) groups excluding carboxylic acids is 1. The molecule has 0 atom stereocenters. The second-order valence-corrected chi connectivity index (χ2v) is 7.61. The van der Waals surface area contributed by atoms with Gasteiger partial charge in [-0.05, 0) is 35.9 Å². The molecule has 0 saturated carbocycles. The maximum absolute atomic E-state index is 12.6. The summed E-state index contributed by atoms with van der Waals surface area (Å²) in [5.41, 5.74) is 3.70. The van der Waals surface area contributed by atoms with E-state index < -0.39 is 24.8 Å². The van der Waals surface area contributed by atoms with Crippen molar-refractivity contribution in [1.82, 2.24) is 14.4 Å². The van der Waals surface area contributed by atoms with E-state index in [1.165, 1.54) is 14.2 Å². The van der Waals surface area contributed by atoms with Crippen LogP contribution < -0.4 is 9.47 Å². The van der Waals surface area contributed by atoms with Crippen molar-refractivity contribution in [3.63, 3.8) is 0 Å². The molecule has 0 saturated heterocycles. The number of fused-ring (bicyclic) bond motifs is 1. The fraction of sp³-hybridized carbons (Fsp3) is 0.200. The van der Waals surface area contributed by atoms with Crippen molar-refractivity contribution in [1.29, 1.82) is 5.26 Å². The average molecular weight is 480 g/mol. The lowest BCUT2D eigenvalue weighted by Crippen LogP contribution is -2.12. The van der Waals surface area contributed by atoms with Gasteiger partial charge in [0.05, 0.1) is 44.2 Å². The van der Waals surface area contributed by atoms with Crippen molar-refractivity contribution >= 4 is 11.4 Å². The molecule has 0 unspecified atom stereocenters. The van der Waals surface area contributed by atoms with Gasteiger partial charge < -0.3 is 9.47 Å². The Labute approximate surface area is 198 Å². The van der Waals surface area contributed by atoms with Gasteiger partial charge in [0.15, 0.2) is 5.78 Å². The number of rotatable bonds is 7. The maximum atomic E-state index is 12.6. The standard InChI is InChI=1S/C25H19F3N4O3/c1-34-21-9-17(10-22(35-2)24(21)20(33)3-6-25(26,27)28)19-14-31-23-11-15(5-8-32(19)23)18-13-30-7-4-16(18)12-29/h4-5,7-11,13-14H,3,6H2,1-2H3. The zero-order valence-electron chi connectivity index (χ0n) is 18.8. The molecule has 7 nitrogen and oxygen atoms in total. The van der Waals surface area contributed by atoms with Crippen LogP contribution in [-0.2, 0) is 0 Å². The molecule has 0 N–H and O–H groups in total. The predicted molar refractivity (Wildman–Crippen MR) is 121 cm³/mol. The van der Waals surface area contributed by atoms with E-state index in [9.17, 15) is 23.2 Å². The van der Waals surface area contributed by atoms with Gasteiger partial charge in [-0.1, -0.05) is 0 Å². The number of pyridine rings is 2. The van der Waals surface area contributed by atoms with E-state index in [4.69, 9.17) is 9.47 Å². The molecule has 3 heterocycles. The lowest BCUT2D eigenvalue weighted by atomic mass is 10.0. The summed E-state index contributed by atoms with van der Waals surface area (Å²) in [6, 6.07) is 10.5. The van der Waals surface area contributed by atoms with Crippen LogP contribution in [0.4, 0.5) is 13.2 Å². The minimum atomic E-state index is -4.45. The summed E-state index contributed by atoms with van der Waals surface area (Å²) in [6.45, 7) is 0. The third-order valence-corrected chi connectivity index (χ3v) is 5.48. The number of carbonyl (C=O) groups is 1. The first-order valence-electron chi connectivity index (χ1n) is 10.4. The molecular formula is C25H19F3N4O3. The number of nitriles is 1. The first-order valence-corrected chi connectivity index (χ1v) is 10.4. The average Bonchev–Trinajstić information content (AvgIpc) is 3.29. The van der Waals surface area contributed by atoms with Crippen LogP contribution in [0.3, 0.4) is 0 Å². The topological polar surface area (TPSA) is 89.5 Å². The normalized spacial score (nSPS) is 11.3. The van der Waals surface area contributed by atoms with Gasteiger partial charge in [-0.25, -0.2) is 4.98 Å². The van der Waals surface area contributed by atoms with Crippen molar-refractivity contribution in [2.75, 3.05) is 14.2 Å². The smallest absolute Gasteiger partial charge is 0.389 e. The number of halogens is 3. The second kappa shape index (κ2) is 9.46. The molecule has 0 bridgehead atoms. The van der Waals surface area contributed by atoms with E-state index in [-0.39, 0.29) is 17.1 Å². The molecule has 0 spiro atoms. The van der Waals surface area contributed by atoms with Gasteiger partial charge in [-0.3, -0.25) is 14.2 Å². The zero-order valence-corrected chi connectivity index (χ0v) is 18.8. The molecule has 0 radical (unpaired) electrons. The Kier molecular flexibility index (Phi) is 6.42. The van der Waals surface area contributed by atoms with Gasteiger partial charge in [0.1, 0.15) is 22.7 Å². The van der Waals surface area contributed by atoms with Gasteiger partial charge in [0, 0.05) is 36.1 Å². The van der Waals surface area contributed by atoms with Crippen LogP contribution in [-0.4, -0.2) is 40.5 Å². The van der Waals surface area contributed by atoms with Crippen LogP contribution in [0.5, 0.6) is 11.5 Å². The molecule has 35 heavy (non-hydrogen) atoms. The Hall–Kier alpha value is -4.39. The van der Waals surface area contributed by atoms with Gasteiger partial charge in [0.25, 0.3) is 0 Å². The number of nitrogens with zero attached hydrogens (tertiary/aromatic N) is 4. The molecule has 3 aromatic heterocycles. The molecule has 4 rings (SSSR count). The van der Waals surface area contributed by atoms with Gasteiger partial charge in [0.2, 0.25) is 0 Å². The fourth-order valence-electron chi connectivity index (χ4n) is 3.80. The number of Topliss-reactive ketones (excluding diaryl/α,β-unsaturated/α-hetero) is 1. The number of methoxy groups -OCH3 is 2. The fourth-order valence-corrected chi connectivity index (χ4v) is 3.80. The lowest BCUT2D eigenvalue weighted by Gasteiger charge is -2.15. The minimum absolute atomic E-state index is 0.0419. The van der Waals surface area contributed by atoms with Crippen molar-refractivity contribution in [2.24, 2.45) is 0 Å². The van der Waals surface area contributed by atoms with Crippen molar-refractivity contribution in [3.05, 3.63) is 66.2 Å². The number of ketones is 1. The van der Waals surface area contributed by atoms with E-state index in [0.29, 0.717) is 28.0 Å². The van der Waals surface area contributed by atoms with Crippen LogP contribution in [0.1, 0.15) is 28.8 Å². The van der Waals surface area contributed by atoms with Gasteiger partial charge in [-0.15, -0.1) is 0 Å². The van der Waals surface area contributed by atoms with Crippen LogP contribution in [0, 0.1) is 11.3 Å². The van der Waals surface area contributed by atoms with Crippen LogP contribution >= 0.6 is 0 Å². The third kappa shape index (κ3) is 4.80. The summed E-state index contributed by atoms with van der Waals surface area (Å²) in [5.74, 6) is -0.519. The van der Waals surface area contributed by atoms with Crippen LogP contribution in [0.25, 0.3) is 28.0 Å². The monoisotopic (exact) mass is 480 g/mol. The van der Waals surface area contributed by atoms with Crippen molar-refractivity contribution in [3.8, 4) is 40.0 Å². The third-order valence-electron chi connectivity index (χ3n) is 5.48. The molecule has 0 aliphatic carbocycles. The Morgan fingerprint density at radius 1 is 1.09 bits per heavy atom. The number of imidazole rings is 1. The SMILES string of the molecule is COc1cc(-c2cnc3cc(-c4cnccc4C#N)ccn23)cc(OC)c1C(=O)CCC(F)(F)F. The van der Waals surface area contributed by atoms with Crippen molar-refractivity contribution in [2.45, 2.75) is 19.0 Å². The first kappa shape index (κ1) is 23.8. The van der Waals surface area contributed by atoms with Gasteiger partial charge >= 0.3 is 6.18 Å². The first-order chi connectivity index (χ1) is 16.8. The number of hydrogen-bond acceptors (Lipinski definition) is 6. The number of benzene rings is 1. The number of ether oxygens (including phenoxy) is 2. The second-order valence-electron chi connectivity index (χ2n) is 7.61. The summed E-state index contributed by atoms with van der Waals surface area (Å²) in [6.07, 6.45) is 0.155. The minimum Gasteiger partial charge on any atom is -0.496 e. The van der Waals surface area contributed by atoms with Crippen LogP contribution in [0.15, 0.2) is 55.1 Å². The summed E-state index contributed by atoms with van der Waals surface area (Å²) < 4.78 is 50.4. The lowest BCUT2D eigenvalue weighted by molar-refractivity contribution is -0.133. The van der Waals surface area contributed by atoms with E-state index in [2.05, 4.69) is 16.0 Å². The number of alkyl halides is 3. The highest BCUT2D eigenvalue weighted by Crippen LogP contribution is 2.37. The summed E-state index contributed by atoms with van der Waals surface area (Å²) in [5, 5.41) is 9.38. The number of hydrogen-bond donors (Lipinski definition) is 0. The predicted octanol–water partition coefficient (Wildman–Crippen LogP) is 5.48. The summed E-state index contributed by atoms with van der Waals surface area (Å²) in [7, 11) is 2.67. The Morgan fingerprint density at radius 3 is 2.43 bits per heavy atom. The molecular weight excluding hydrogens is 461 g/mol. The van der Waals surface area contributed by atoms with Crippen molar-refractivity contribution < 1.29 is 27.4 Å². The quantitative estimate of drug-likeness (QED) is 0.326. The highest BCUT2D eigenvalue weighted by Gasteiger charge is 2.30. The molecule has 0 aliphatic rings. The van der Waals surface area contributed by atoms with Crippen LogP contribution in [0.2, 0.25) is 0 Å². The molecule has 10 heteroatoms. The molecule has 4 aromatic rings. The summed E-state index contributed by atoms with van der Waals surface area (Å²) >= 11 is 0. The molecule has 1 aromatic carbocycles. The Morgan fingerprint density at radius 2 is 1.80 bits per heavy atom. The Bertz CT molecular complexity index is 1430. The van der Waals surface area contributed by atoms with E-state index in [1.807, 2.05) is 12.1 Å². The molecule has 0 fully saturated rings. The maximum Gasteiger partial charge on any atom is 0.389 e. The molecule has 0 aliphatic heterocycles.